The lowest BCUT2D eigenvalue weighted by Crippen LogP contribution is -2.67. The molecule has 1 aliphatic carbocycles. The van der Waals surface area contributed by atoms with E-state index in [0.29, 0.717) is 13.0 Å². The number of hydrogen-bond donors (Lipinski definition) is 1. The van der Waals surface area contributed by atoms with Crippen LogP contribution < -0.4 is 10.4 Å². The SMILES string of the molecule is C=C[C@H]1C[C@@H](O)[C@H](OC)[C@@H](CO[Si](c2ccccc2)(c2ccccc2)C(C)(C)C)[C@H]1/C=C/OC. The van der Waals surface area contributed by atoms with Crippen LogP contribution in [-0.4, -0.2) is 46.5 Å². The number of hydrogen-bond acceptors (Lipinski definition) is 4. The second-order valence-corrected chi connectivity index (χ2v) is 14.5. The van der Waals surface area contributed by atoms with Crippen molar-refractivity contribution in [2.45, 2.75) is 44.4 Å². The van der Waals surface area contributed by atoms with Crippen molar-refractivity contribution in [3.8, 4) is 0 Å². The van der Waals surface area contributed by atoms with Crippen LogP contribution in [0.4, 0.5) is 0 Å². The lowest BCUT2D eigenvalue weighted by Gasteiger charge is -2.47. The lowest BCUT2D eigenvalue weighted by atomic mass is 9.69. The third-order valence-electron chi connectivity index (χ3n) is 7.22. The van der Waals surface area contributed by atoms with Crippen LogP contribution in [0.1, 0.15) is 27.2 Å². The van der Waals surface area contributed by atoms with E-state index in [2.05, 4.69) is 94.1 Å². The molecule has 4 nitrogen and oxygen atoms in total. The van der Waals surface area contributed by atoms with Gasteiger partial charge in [0.2, 0.25) is 0 Å². The van der Waals surface area contributed by atoms with Gasteiger partial charge in [-0.3, -0.25) is 0 Å². The number of methoxy groups -OCH3 is 2. The van der Waals surface area contributed by atoms with E-state index >= 15 is 0 Å². The summed E-state index contributed by atoms with van der Waals surface area (Å²) < 4.78 is 18.4. The van der Waals surface area contributed by atoms with Gasteiger partial charge in [-0.05, 0) is 39.7 Å². The number of aliphatic hydroxyl groups is 1. The van der Waals surface area contributed by atoms with Gasteiger partial charge in [0.25, 0.3) is 8.32 Å². The van der Waals surface area contributed by atoms with E-state index in [1.54, 1.807) is 20.5 Å². The van der Waals surface area contributed by atoms with Crippen molar-refractivity contribution < 1.29 is 19.0 Å². The zero-order chi connectivity index (χ0) is 24.8. The fourth-order valence-electron chi connectivity index (χ4n) is 5.62. The molecular formula is C29H40O4Si. The van der Waals surface area contributed by atoms with E-state index in [0.717, 1.165) is 0 Å². The van der Waals surface area contributed by atoms with Crippen LogP contribution in [0.15, 0.2) is 85.7 Å². The van der Waals surface area contributed by atoms with Gasteiger partial charge in [0.1, 0.15) is 0 Å². The molecule has 2 aromatic rings. The van der Waals surface area contributed by atoms with Crippen LogP contribution in [0.5, 0.6) is 0 Å². The van der Waals surface area contributed by atoms with Crippen molar-refractivity contribution in [3.05, 3.63) is 85.7 Å². The van der Waals surface area contributed by atoms with E-state index in [1.807, 2.05) is 6.08 Å². The number of allylic oxidation sites excluding steroid dienone is 2. The van der Waals surface area contributed by atoms with Gasteiger partial charge in [-0.2, -0.15) is 0 Å². The smallest absolute Gasteiger partial charge is 0.261 e. The first kappa shape index (κ1) is 26.4. The summed E-state index contributed by atoms with van der Waals surface area (Å²) in [6, 6.07) is 21.3. The summed E-state index contributed by atoms with van der Waals surface area (Å²) in [5.41, 5.74) is 0. The molecule has 1 saturated carbocycles. The van der Waals surface area contributed by atoms with Crippen LogP contribution in [0, 0.1) is 17.8 Å². The first-order valence-electron chi connectivity index (χ1n) is 12.1. The molecule has 0 amide bonds. The molecule has 0 unspecified atom stereocenters. The second kappa shape index (κ2) is 11.5. The largest absolute Gasteiger partial charge is 0.505 e. The van der Waals surface area contributed by atoms with E-state index in [4.69, 9.17) is 13.9 Å². The first-order valence-corrected chi connectivity index (χ1v) is 14.0. The summed E-state index contributed by atoms with van der Waals surface area (Å²) in [6.07, 6.45) is 5.44. The standard InChI is InChI=1S/C29H40O4Si/c1-7-22-20-27(30)28(32-6)26(25(22)18-19-31-5)21-33-34(29(2,3)4,23-14-10-8-11-15-23)24-16-12-9-13-17-24/h7-19,22,25-28,30H,1,20-21H2,2-6H3/b19-18+/t22-,25-,26-,27+,28+/m0/s1. The molecule has 2 aromatic carbocycles. The Labute approximate surface area is 206 Å². The molecule has 5 heteroatoms. The summed E-state index contributed by atoms with van der Waals surface area (Å²) in [4.78, 5) is 0. The van der Waals surface area contributed by atoms with Crippen molar-refractivity contribution >= 4 is 18.7 Å². The Balaban J connectivity index is 2.10. The van der Waals surface area contributed by atoms with Gasteiger partial charge in [-0.25, -0.2) is 0 Å². The molecule has 1 N–H and O–H groups in total. The molecule has 0 heterocycles. The summed E-state index contributed by atoms with van der Waals surface area (Å²) in [5.74, 6) is 0.148. The Hall–Kier alpha value is -2.18. The highest BCUT2D eigenvalue weighted by Gasteiger charge is 2.52. The highest BCUT2D eigenvalue weighted by molar-refractivity contribution is 6.99. The molecule has 34 heavy (non-hydrogen) atoms. The maximum atomic E-state index is 10.9. The van der Waals surface area contributed by atoms with Crippen LogP contribution >= 0.6 is 0 Å². The van der Waals surface area contributed by atoms with Crippen LogP contribution in [0.2, 0.25) is 5.04 Å². The Morgan fingerprint density at radius 2 is 1.56 bits per heavy atom. The van der Waals surface area contributed by atoms with Crippen LogP contribution in [0.25, 0.3) is 0 Å². The fourth-order valence-corrected chi connectivity index (χ4v) is 10.2. The third kappa shape index (κ3) is 5.23. The maximum absolute atomic E-state index is 10.9. The van der Waals surface area contributed by atoms with E-state index in [9.17, 15) is 5.11 Å². The summed E-state index contributed by atoms with van der Waals surface area (Å²) >= 11 is 0. The van der Waals surface area contributed by atoms with Crippen molar-refractivity contribution in [3.63, 3.8) is 0 Å². The first-order chi connectivity index (χ1) is 16.3. The molecule has 0 aromatic heterocycles. The predicted octanol–water partition coefficient (Wildman–Crippen LogP) is 4.54. The minimum absolute atomic E-state index is 0.0511. The number of aliphatic hydroxyl groups excluding tert-OH is 1. The predicted molar refractivity (Wildman–Crippen MR) is 142 cm³/mol. The van der Waals surface area contributed by atoms with Crippen molar-refractivity contribution in [1.29, 1.82) is 0 Å². The van der Waals surface area contributed by atoms with Crippen LogP contribution in [0.3, 0.4) is 0 Å². The summed E-state index contributed by atoms with van der Waals surface area (Å²) in [5, 5.41) is 13.3. The highest BCUT2D eigenvalue weighted by atomic mass is 28.4. The molecule has 0 spiro atoms. The van der Waals surface area contributed by atoms with Gasteiger partial charge in [-0.1, -0.05) is 87.5 Å². The van der Waals surface area contributed by atoms with Crippen molar-refractivity contribution in [1.82, 2.24) is 0 Å². The molecule has 0 radical (unpaired) electrons. The van der Waals surface area contributed by atoms with Gasteiger partial charge in [0.05, 0.1) is 25.6 Å². The maximum Gasteiger partial charge on any atom is 0.261 e. The van der Waals surface area contributed by atoms with E-state index in [-0.39, 0.29) is 28.9 Å². The van der Waals surface area contributed by atoms with E-state index in [1.165, 1.54) is 10.4 Å². The second-order valence-electron chi connectivity index (χ2n) is 10.2. The van der Waals surface area contributed by atoms with Crippen molar-refractivity contribution in [2.24, 2.45) is 17.8 Å². The lowest BCUT2D eigenvalue weighted by molar-refractivity contribution is -0.104. The minimum Gasteiger partial charge on any atom is -0.505 e. The molecule has 0 aliphatic heterocycles. The molecule has 184 valence electrons. The number of benzene rings is 2. The Morgan fingerprint density at radius 3 is 2.00 bits per heavy atom. The third-order valence-corrected chi connectivity index (χ3v) is 12.2. The topological polar surface area (TPSA) is 47.9 Å². The van der Waals surface area contributed by atoms with Crippen molar-refractivity contribution in [2.75, 3.05) is 20.8 Å². The quantitative estimate of drug-likeness (QED) is 0.325. The number of ether oxygens (including phenoxy) is 2. The normalized spacial score (nSPS) is 25.9. The zero-order valence-electron chi connectivity index (χ0n) is 21.2. The Morgan fingerprint density at radius 1 is 1.00 bits per heavy atom. The fraction of sp³-hybridized carbons (Fsp3) is 0.448. The molecule has 1 aliphatic rings. The van der Waals surface area contributed by atoms with Gasteiger partial charge in [0.15, 0.2) is 0 Å². The Bertz CT molecular complexity index is 883. The molecule has 1 fully saturated rings. The summed E-state index contributed by atoms with van der Waals surface area (Å²) in [7, 11) is 0.618. The molecule has 3 rings (SSSR count). The van der Waals surface area contributed by atoms with Gasteiger partial charge in [0, 0.05) is 19.6 Å². The average Bonchev–Trinajstić information content (AvgIpc) is 2.84. The average molecular weight is 481 g/mol. The van der Waals surface area contributed by atoms with E-state index < -0.39 is 14.4 Å². The minimum atomic E-state index is -2.71. The molecule has 0 bridgehead atoms. The van der Waals surface area contributed by atoms with Crippen LogP contribution in [-0.2, 0) is 13.9 Å². The van der Waals surface area contributed by atoms with Gasteiger partial charge < -0.3 is 19.0 Å². The molecular weight excluding hydrogens is 440 g/mol. The molecule has 5 atom stereocenters. The number of rotatable bonds is 9. The molecule has 0 saturated heterocycles. The zero-order valence-corrected chi connectivity index (χ0v) is 22.2. The highest BCUT2D eigenvalue weighted by Crippen LogP contribution is 2.41. The summed E-state index contributed by atoms with van der Waals surface area (Å²) in [6.45, 7) is 11.3. The van der Waals surface area contributed by atoms with Gasteiger partial charge >= 0.3 is 0 Å². The monoisotopic (exact) mass is 480 g/mol. The van der Waals surface area contributed by atoms with Gasteiger partial charge in [-0.15, -0.1) is 6.58 Å². The Kier molecular flexibility index (Phi) is 8.93.